The van der Waals surface area contributed by atoms with Crippen LogP contribution in [0.1, 0.15) is 24.8 Å². The fourth-order valence-corrected chi connectivity index (χ4v) is 2.20. The first kappa shape index (κ1) is 12.5. The van der Waals surface area contributed by atoms with E-state index in [0.717, 1.165) is 23.6 Å². The molecule has 0 radical (unpaired) electrons. The molecule has 0 saturated heterocycles. The van der Waals surface area contributed by atoms with Crippen molar-refractivity contribution in [1.29, 1.82) is 0 Å². The van der Waals surface area contributed by atoms with Gasteiger partial charge in [0.1, 0.15) is 0 Å². The number of hydrogen-bond donors (Lipinski definition) is 0. The maximum Gasteiger partial charge on any atom is 0.276 e. The van der Waals surface area contributed by atoms with E-state index < -0.39 is 0 Å². The zero-order valence-electron chi connectivity index (χ0n) is 9.52. The van der Waals surface area contributed by atoms with Crippen molar-refractivity contribution in [3.05, 3.63) is 40.7 Å². The highest BCUT2D eigenvalue weighted by molar-refractivity contribution is 7.98. The smallest absolute Gasteiger partial charge is 0.276 e. The SMILES string of the molecule is CCCc1nnc(SCc2ccc(Cl)cc2)o1. The molecule has 2 rings (SSSR count). The molecule has 0 N–H and O–H groups in total. The Bertz CT molecular complexity index is 470. The molecule has 2 aromatic rings. The van der Waals surface area contributed by atoms with Crippen LogP contribution < -0.4 is 0 Å². The first-order valence-electron chi connectivity index (χ1n) is 5.47. The molecule has 3 nitrogen and oxygen atoms in total. The monoisotopic (exact) mass is 268 g/mol. The predicted molar refractivity (Wildman–Crippen MR) is 69.3 cm³/mol. The van der Waals surface area contributed by atoms with Gasteiger partial charge in [-0.05, 0) is 24.1 Å². The van der Waals surface area contributed by atoms with E-state index >= 15 is 0 Å². The minimum atomic E-state index is 0.628. The Balaban J connectivity index is 1.90. The Hall–Kier alpha value is -1.00. The van der Waals surface area contributed by atoms with Crippen molar-refractivity contribution in [2.45, 2.75) is 30.7 Å². The largest absolute Gasteiger partial charge is 0.416 e. The summed E-state index contributed by atoms with van der Waals surface area (Å²) in [6, 6.07) is 7.76. The van der Waals surface area contributed by atoms with Gasteiger partial charge in [-0.1, -0.05) is 42.4 Å². The zero-order chi connectivity index (χ0) is 12.1. The van der Waals surface area contributed by atoms with E-state index in [4.69, 9.17) is 16.0 Å². The van der Waals surface area contributed by atoms with Crippen LogP contribution in [0.3, 0.4) is 0 Å². The molecular weight excluding hydrogens is 256 g/mol. The summed E-state index contributed by atoms with van der Waals surface area (Å²) < 4.78 is 5.48. The molecule has 5 heteroatoms. The minimum absolute atomic E-state index is 0.628. The Morgan fingerprint density at radius 3 is 2.71 bits per heavy atom. The van der Waals surface area contributed by atoms with E-state index in [1.165, 1.54) is 5.56 Å². The maximum absolute atomic E-state index is 5.82. The molecule has 0 unspecified atom stereocenters. The van der Waals surface area contributed by atoms with E-state index in [0.29, 0.717) is 11.1 Å². The molecule has 17 heavy (non-hydrogen) atoms. The molecule has 1 aromatic heterocycles. The van der Waals surface area contributed by atoms with Gasteiger partial charge >= 0.3 is 0 Å². The summed E-state index contributed by atoms with van der Waals surface area (Å²) in [6.45, 7) is 2.09. The normalized spacial score (nSPS) is 10.7. The van der Waals surface area contributed by atoms with Gasteiger partial charge in [0.15, 0.2) is 0 Å². The minimum Gasteiger partial charge on any atom is -0.416 e. The van der Waals surface area contributed by atoms with E-state index in [1.54, 1.807) is 11.8 Å². The zero-order valence-corrected chi connectivity index (χ0v) is 11.1. The van der Waals surface area contributed by atoms with Crippen molar-refractivity contribution in [2.24, 2.45) is 0 Å². The van der Waals surface area contributed by atoms with Gasteiger partial charge in [0, 0.05) is 17.2 Å². The molecule has 0 amide bonds. The van der Waals surface area contributed by atoms with Gasteiger partial charge in [-0.2, -0.15) is 0 Å². The number of hydrogen-bond acceptors (Lipinski definition) is 4. The van der Waals surface area contributed by atoms with Crippen LogP contribution in [0.2, 0.25) is 5.02 Å². The van der Waals surface area contributed by atoms with Crippen LogP contribution in [0.4, 0.5) is 0 Å². The fourth-order valence-electron chi connectivity index (χ4n) is 1.34. The number of nitrogens with zero attached hydrogens (tertiary/aromatic N) is 2. The van der Waals surface area contributed by atoms with E-state index in [-0.39, 0.29) is 0 Å². The quantitative estimate of drug-likeness (QED) is 0.769. The summed E-state index contributed by atoms with van der Waals surface area (Å²) in [5, 5.41) is 9.34. The number of benzene rings is 1. The highest BCUT2D eigenvalue weighted by Gasteiger charge is 2.05. The van der Waals surface area contributed by atoms with Crippen molar-refractivity contribution >= 4 is 23.4 Å². The van der Waals surface area contributed by atoms with Gasteiger partial charge in [0.05, 0.1) is 0 Å². The molecule has 90 valence electrons. The third-order valence-electron chi connectivity index (χ3n) is 2.19. The lowest BCUT2D eigenvalue weighted by molar-refractivity contribution is 0.411. The first-order chi connectivity index (χ1) is 8.28. The lowest BCUT2D eigenvalue weighted by Gasteiger charge is -1.97. The van der Waals surface area contributed by atoms with Gasteiger partial charge in [-0.15, -0.1) is 10.2 Å². The summed E-state index contributed by atoms with van der Waals surface area (Å²) in [7, 11) is 0. The van der Waals surface area contributed by atoms with Gasteiger partial charge in [0.25, 0.3) is 5.22 Å². The van der Waals surface area contributed by atoms with E-state index in [2.05, 4.69) is 17.1 Å². The van der Waals surface area contributed by atoms with Crippen LogP contribution in [0, 0.1) is 0 Å². The van der Waals surface area contributed by atoms with Crippen LogP contribution >= 0.6 is 23.4 Å². The van der Waals surface area contributed by atoms with Gasteiger partial charge in [0.2, 0.25) is 5.89 Å². The number of thioether (sulfide) groups is 1. The van der Waals surface area contributed by atoms with Crippen molar-refractivity contribution in [1.82, 2.24) is 10.2 Å². The van der Waals surface area contributed by atoms with Crippen LogP contribution in [0.15, 0.2) is 33.9 Å². The highest BCUT2D eigenvalue weighted by atomic mass is 35.5. The molecule has 0 spiro atoms. The van der Waals surface area contributed by atoms with E-state index in [9.17, 15) is 0 Å². The molecule has 0 aliphatic rings. The van der Waals surface area contributed by atoms with Gasteiger partial charge < -0.3 is 4.42 Å². The van der Waals surface area contributed by atoms with Crippen LogP contribution in [-0.4, -0.2) is 10.2 Å². The van der Waals surface area contributed by atoms with Gasteiger partial charge in [-0.25, -0.2) is 0 Å². The van der Waals surface area contributed by atoms with Crippen molar-refractivity contribution in [2.75, 3.05) is 0 Å². The van der Waals surface area contributed by atoms with Crippen LogP contribution in [0.5, 0.6) is 0 Å². The summed E-state index contributed by atoms with van der Waals surface area (Å²) in [5.74, 6) is 1.52. The molecular formula is C12H13ClN2OS. The molecule has 0 fully saturated rings. The Kier molecular flexibility index (Phi) is 4.45. The molecule has 0 saturated carbocycles. The fraction of sp³-hybridized carbons (Fsp3) is 0.333. The number of rotatable bonds is 5. The van der Waals surface area contributed by atoms with Gasteiger partial charge in [-0.3, -0.25) is 0 Å². The van der Waals surface area contributed by atoms with E-state index in [1.807, 2.05) is 24.3 Å². The molecule has 0 atom stereocenters. The second-order valence-electron chi connectivity index (χ2n) is 3.63. The summed E-state index contributed by atoms with van der Waals surface area (Å²) in [5.41, 5.74) is 1.19. The first-order valence-corrected chi connectivity index (χ1v) is 6.84. The van der Waals surface area contributed by atoms with Crippen molar-refractivity contribution in [3.8, 4) is 0 Å². The molecule has 0 aliphatic heterocycles. The summed E-state index contributed by atoms with van der Waals surface area (Å²) in [4.78, 5) is 0. The second-order valence-corrected chi connectivity index (χ2v) is 4.99. The summed E-state index contributed by atoms with van der Waals surface area (Å²) >= 11 is 7.36. The Morgan fingerprint density at radius 2 is 2.00 bits per heavy atom. The average Bonchev–Trinajstić information content (AvgIpc) is 2.77. The van der Waals surface area contributed by atoms with Crippen molar-refractivity contribution < 1.29 is 4.42 Å². The topological polar surface area (TPSA) is 38.9 Å². The molecule has 0 aliphatic carbocycles. The number of aromatic nitrogens is 2. The average molecular weight is 269 g/mol. The standard InChI is InChI=1S/C12H13ClN2OS/c1-2-3-11-14-15-12(16-11)17-8-9-4-6-10(13)7-5-9/h4-7H,2-3,8H2,1H3. The Morgan fingerprint density at radius 1 is 1.24 bits per heavy atom. The lowest BCUT2D eigenvalue weighted by Crippen LogP contribution is -1.80. The molecule has 1 heterocycles. The maximum atomic E-state index is 5.82. The highest BCUT2D eigenvalue weighted by Crippen LogP contribution is 2.22. The van der Waals surface area contributed by atoms with Crippen molar-refractivity contribution in [3.63, 3.8) is 0 Å². The second kappa shape index (κ2) is 6.07. The Labute approximate surface area is 110 Å². The lowest BCUT2D eigenvalue weighted by atomic mass is 10.2. The predicted octanol–water partition coefficient (Wildman–Crippen LogP) is 3.97. The van der Waals surface area contributed by atoms with Crippen LogP contribution in [0.25, 0.3) is 0 Å². The summed E-state index contributed by atoms with van der Waals surface area (Å²) in [6.07, 6.45) is 1.86. The third-order valence-corrected chi connectivity index (χ3v) is 3.33. The molecule has 1 aromatic carbocycles. The third kappa shape index (κ3) is 3.75. The number of halogens is 1. The van der Waals surface area contributed by atoms with Crippen LogP contribution in [-0.2, 0) is 12.2 Å². The molecule has 0 bridgehead atoms. The number of aryl methyl sites for hydroxylation is 1.